The third-order valence-corrected chi connectivity index (χ3v) is 5.53. The molecule has 4 rings (SSSR count). The van der Waals surface area contributed by atoms with Crippen LogP contribution in [0.3, 0.4) is 0 Å². The molecular weight excluding hydrogens is 376 g/mol. The Kier molecular flexibility index (Phi) is 5.74. The monoisotopic (exact) mass is 404 g/mol. The van der Waals surface area contributed by atoms with E-state index >= 15 is 0 Å². The van der Waals surface area contributed by atoms with Crippen LogP contribution < -0.4 is 15.0 Å². The highest BCUT2D eigenvalue weighted by molar-refractivity contribution is 5.94. The number of carbonyl (C=O) groups is 1. The van der Waals surface area contributed by atoms with Gasteiger partial charge < -0.3 is 15.0 Å². The van der Waals surface area contributed by atoms with Crippen LogP contribution in [0.2, 0.25) is 0 Å². The molecule has 0 bridgehead atoms. The molecule has 30 heavy (non-hydrogen) atoms. The Morgan fingerprint density at radius 1 is 1.13 bits per heavy atom. The van der Waals surface area contributed by atoms with E-state index in [0.717, 1.165) is 65.4 Å². The number of nitrogens with zero attached hydrogens (tertiary/aromatic N) is 2. The second-order valence-electron chi connectivity index (χ2n) is 8.00. The van der Waals surface area contributed by atoms with E-state index in [1.807, 2.05) is 50.2 Å². The molecule has 1 unspecified atom stereocenters. The van der Waals surface area contributed by atoms with Crippen LogP contribution in [0.25, 0.3) is 11.3 Å². The molecule has 1 fully saturated rings. The Labute approximate surface area is 177 Å². The van der Waals surface area contributed by atoms with Crippen molar-refractivity contribution >= 4 is 11.7 Å². The van der Waals surface area contributed by atoms with E-state index in [1.165, 1.54) is 0 Å². The zero-order valence-electron chi connectivity index (χ0n) is 17.7. The quantitative estimate of drug-likeness (QED) is 0.672. The van der Waals surface area contributed by atoms with Crippen LogP contribution in [0.1, 0.15) is 34.3 Å². The number of hydrogen-bond donors (Lipinski definition) is 2. The van der Waals surface area contributed by atoms with Gasteiger partial charge in [-0.3, -0.25) is 9.89 Å². The van der Waals surface area contributed by atoms with Crippen LogP contribution in [0.15, 0.2) is 48.5 Å². The van der Waals surface area contributed by atoms with Gasteiger partial charge in [0.05, 0.1) is 12.8 Å². The first-order valence-electron chi connectivity index (χ1n) is 10.4. The predicted octanol–water partition coefficient (Wildman–Crippen LogP) is 4.10. The van der Waals surface area contributed by atoms with E-state index in [-0.39, 0.29) is 11.9 Å². The second-order valence-corrected chi connectivity index (χ2v) is 8.00. The van der Waals surface area contributed by atoms with E-state index in [0.29, 0.717) is 0 Å². The van der Waals surface area contributed by atoms with Gasteiger partial charge in [0.1, 0.15) is 5.75 Å². The number of piperidine rings is 1. The first-order chi connectivity index (χ1) is 14.5. The van der Waals surface area contributed by atoms with Crippen molar-refractivity contribution in [3.8, 4) is 17.0 Å². The highest BCUT2D eigenvalue weighted by Gasteiger charge is 2.24. The average Bonchev–Trinajstić information content (AvgIpc) is 3.24. The molecule has 1 amide bonds. The highest BCUT2D eigenvalue weighted by atomic mass is 16.5. The van der Waals surface area contributed by atoms with E-state index in [4.69, 9.17) is 4.74 Å². The number of hydrogen-bond acceptors (Lipinski definition) is 4. The smallest absolute Gasteiger partial charge is 0.251 e. The van der Waals surface area contributed by atoms with Crippen LogP contribution in [0.4, 0.5) is 5.82 Å². The van der Waals surface area contributed by atoms with E-state index in [9.17, 15) is 4.79 Å². The number of methoxy groups -OCH3 is 1. The molecule has 2 N–H and O–H groups in total. The lowest BCUT2D eigenvalue weighted by atomic mass is 10.0. The number of aryl methyl sites for hydroxylation is 2. The normalized spacial score (nSPS) is 16.4. The maximum absolute atomic E-state index is 12.7. The molecule has 6 nitrogen and oxygen atoms in total. The molecule has 2 heterocycles. The fourth-order valence-corrected chi connectivity index (χ4v) is 4.07. The van der Waals surface area contributed by atoms with E-state index < -0.39 is 0 Å². The van der Waals surface area contributed by atoms with E-state index in [1.54, 1.807) is 7.11 Å². The van der Waals surface area contributed by atoms with Crippen molar-refractivity contribution in [2.45, 2.75) is 32.7 Å². The van der Waals surface area contributed by atoms with Crippen molar-refractivity contribution in [3.05, 3.63) is 65.2 Å². The van der Waals surface area contributed by atoms with Gasteiger partial charge in [0.2, 0.25) is 0 Å². The fourth-order valence-electron chi connectivity index (χ4n) is 4.07. The summed E-state index contributed by atoms with van der Waals surface area (Å²) in [6.07, 6.45) is 1.99. The number of carbonyl (C=O) groups excluding carboxylic acids is 1. The Morgan fingerprint density at radius 2 is 1.87 bits per heavy atom. The topological polar surface area (TPSA) is 70.2 Å². The predicted molar refractivity (Wildman–Crippen MR) is 119 cm³/mol. The maximum atomic E-state index is 12.7. The summed E-state index contributed by atoms with van der Waals surface area (Å²) in [5.74, 6) is 1.73. The number of aromatic amines is 1. The van der Waals surface area contributed by atoms with Gasteiger partial charge in [-0.05, 0) is 68.7 Å². The van der Waals surface area contributed by atoms with Crippen LogP contribution in [-0.4, -0.2) is 42.3 Å². The summed E-state index contributed by atoms with van der Waals surface area (Å²) in [6.45, 7) is 5.72. The lowest BCUT2D eigenvalue weighted by molar-refractivity contribution is 0.0933. The standard InChI is InChI=1S/C24H28N4O2/c1-16-11-17(2)13-19(12-16)24(29)25-20-5-4-10-28(15-20)23-14-22(26-27-23)18-6-8-21(30-3)9-7-18/h6-9,11-14,20H,4-5,10,15H2,1-3H3,(H,25,29)(H,26,27). The Bertz CT molecular complexity index is 1010. The molecule has 0 saturated carbocycles. The van der Waals surface area contributed by atoms with Crippen molar-refractivity contribution in [1.82, 2.24) is 15.5 Å². The van der Waals surface area contributed by atoms with Crippen LogP contribution in [0, 0.1) is 13.8 Å². The Morgan fingerprint density at radius 3 is 2.57 bits per heavy atom. The average molecular weight is 405 g/mol. The summed E-state index contributed by atoms with van der Waals surface area (Å²) in [7, 11) is 1.66. The number of aromatic nitrogens is 2. The molecule has 0 aliphatic carbocycles. The Hall–Kier alpha value is -3.28. The van der Waals surface area contributed by atoms with Crippen molar-refractivity contribution < 1.29 is 9.53 Å². The molecule has 6 heteroatoms. The molecule has 1 aliphatic rings. The maximum Gasteiger partial charge on any atom is 0.251 e. The Balaban J connectivity index is 1.42. The number of rotatable bonds is 5. The van der Waals surface area contributed by atoms with Gasteiger partial charge in [0, 0.05) is 30.8 Å². The molecule has 1 aliphatic heterocycles. The molecular formula is C24H28N4O2. The molecule has 1 saturated heterocycles. The largest absolute Gasteiger partial charge is 0.497 e. The van der Waals surface area contributed by atoms with Gasteiger partial charge >= 0.3 is 0 Å². The minimum Gasteiger partial charge on any atom is -0.497 e. The first-order valence-corrected chi connectivity index (χ1v) is 10.4. The molecule has 0 spiro atoms. The van der Waals surface area contributed by atoms with Gasteiger partial charge in [-0.15, -0.1) is 0 Å². The van der Waals surface area contributed by atoms with Crippen molar-refractivity contribution in [2.75, 3.05) is 25.1 Å². The first kappa shape index (κ1) is 20.0. The van der Waals surface area contributed by atoms with E-state index in [2.05, 4.69) is 32.5 Å². The van der Waals surface area contributed by atoms with Gasteiger partial charge in [0.15, 0.2) is 5.82 Å². The SMILES string of the molecule is COc1ccc(-c2cc(N3CCCC(NC(=O)c4cc(C)cc(C)c4)C3)n[nH]2)cc1. The lowest BCUT2D eigenvalue weighted by Gasteiger charge is -2.33. The minimum atomic E-state index is -0.00500. The van der Waals surface area contributed by atoms with Gasteiger partial charge in [0.25, 0.3) is 5.91 Å². The second kappa shape index (κ2) is 8.61. The van der Waals surface area contributed by atoms with Crippen LogP contribution >= 0.6 is 0 Å². The highest BCUT2D eigenvalue weighted by Crippen LogP contribution is 2.26. The zero-order valence-corrected chi connectivity index (χ0v) is 17.7. The van der Waals surface area contributed by atoms with Crippen molar-refractivity contribution in [2.24, 2.45) is 0 Å². The van der Waals surface area contributed by atoms with Crippen molar-refractivity contribution in [1.29, 1.82) is 0 Å². The summed E-state index contributed by atoms with van der Waals surface area (Å²) in [6, 6.07) is 16.0. The number of nitrogens with one attached hydrogen (secondary N) is 2. The number of H-pyrrole nitrogens is 1. The summed E-state index contributed by atoms with van der Waals surface area (Å²) >= 11 is 0. The van der Waals surface area contributed by atoms with Gasteiger partial charge in [-0.25, -0.2) is 0 Å². The molecule has 0 radical (unpaired) electrons. The summed E-state index contributed by atoms with van der Waals surface area (Å²) in [5.41, 5.74) is 4.97. The molecule has 1 aromatic heterocycles. The summed E-state index contributed by atoms with van der Waals surface area (Å²) < 4.78 is 5.23. The third kappa shape index (κ3) is 4.48. The summed E-state index contributed by atoms with van der Waals surface area (Å²) in [4.78, 5) is 15.0. The molecule has 1 atom stereocenters. The number of amides is 1. The van der Waals surface area contributed by atoms with Crippen molar-refractivity contribution in [3.63, 3.8) is 0 Å². The number of benzene rings is 2. The number of ether oxygens (including phenoxy) is 1. The molecule has 2 aromatic carbocycles. The van der Waals surface area contributed by atoms with Crippen LogP contribution in [0.5, 0.6) is 5.75 Å². The number of anilines is 1. The minimum absolute atomic E-state index is 0.00500. The molecule has 156 valence electrons. The third-order valence-electron chi connectivity index (χ3n) is 5.53. The fraction of sp³-hybridized carbons (Fsp3) is 0.333. The molecule has 3 aromatic rings. The zero-order chi connectivity index (χ0) is 21.1. The van der Waals surface area contributed by atoms with Gasteiger partial charge in [-0.2, -0.15) is 5.10 Å². The van der Waals surface area contributed by atoms with Crippen LogP contribution in [-0.2, 0) is 0 Å². The lowest BCUT2D eigenvalue weighted by Crippen LogP contribution is -2.48. The summed E-state index contributed by atoms with van der Waals surface area (Å²) in [5, 5.41) is 10.8. The van der Waals surface area contributed by atoms with Gasteiger partial charge in [-0.1, -0.05) is 17.2 Å².